The van der Waals surface area contributed by atoms with Gasteiger partial charge in [-0.25, -0.2) is 0 Å². The topological polar surface area (TPSA) is 12.0 Å². The molecule has 0 spiro atoms. The summed E-state index contributed by atoms with van der Waals surface area (Å²) >= 11 is 6.21. The minimum atomic E-state index is 0.760. The summed E-state index contributed by atoms with van der Waals surface area (Å²) < 4.78 is 0. The van der Waals surface area contributed by atoms with Gasteiger partial charge in [0.2, 0.25) is 0 Å². The van der Waals surface area contributed by atoms with Gasteiger partial charge in [-0.15, -0.1) is 0 Å². The zero-order valence-corrected chi connectivity index (χ0v) is 24.8. The number of aryl methyl sites for hydroxylation is 2. The normalized spacial score (nSPS) is 13.9. The van der Waals surface area contributed by atoms with Crippen LogP contribution in [0.1, 0.15) is 121 Å². The lowest BCUT2D eigenvalue weighted by atomic mass is 9.89. The maximum absolute atomic E-state index is 6.21. The SMILES string of the molecule is C/C=C(\CC)CCCCC.CC.Clc1ccccc1CCCCCc1ccc(C2CCNCC2)cc1. The summed E-state index contributed by atoms with van der Waals surface area (Å²) in [5, 5.41) is 4.35. The van der Waals surface area contributed by atoms with Crippen molar-refractivity contribution in [1.29, 1.82) is 0 Å². The number of rotatable bonds is 12. The highest BCUT2D eigenvalue weighted by molar-refractivity contribution is 6.31. The first-order valence-electron chi connectivity index (χ1n) is 14.8. The molecule has 0 bridgehead atoms. The van der Waals surface area contributed by atoms with Crippen molar-refractivity contribution in [3.05, 3.63) is 81.9 Å². The van der Waals surface area contributed by atoms with Crippen LogP contribution in [0.3, 0.4) is 0 Å². The van der Waals surface area contributed by atoms with Crippen LogP contribution >= 0.6 is 11.6 Å². The molecule has 0 unspecified atom stereocenters. The quantitative estimate of drug-likeness (QED) is 0.220. The van der Waals surface area contributed by atoms with Crippen LogP contribution in [0.4, 0.5) is 0 Å². The number of halogens is 1. The molecule has 0 aliphatic carbocycles. The van der Waals surface area contributed by atoms with Gasteiger partial charge in [-0.3, -0.25) is 0 Å². The largest absolute Gasteiger partial charge is 0.317 e. The summed E-state index contributed by atoms with van der Waals surface area (Å²) in [6, 6.07) is 17.6. The molecule has 0 atom stereocenters. The van der Waals surface area contributed by atoms with Gasteiger partial charge in [0.15, 0.2) is 0 Å². The van der Waals surface area contributed by atoms with Gasteiger partial charge in [0, 0.05) is 5.02 Å². The molecule has 1 aliphatic heterocycles. The highest BCUT2D eigenvalue weighted by Gasteiger charge is 2.14. The first-order chi connectivity index (χ1) is 17.7. The lowest BCUT2D eigenvalue weighted by Crippen LogP contribution is -2.26. The summed E-state index contributed by atoms with van der Waals surface area (Å²) in [5.41, 5.74) is 5.91. The van der Waals surface area contributed by atoms with Crippen molar-refractivity contribution < 1.29 is 0 Å². The Bertz CT molecular complexity index is 802. The molecule has 2 heteroatoms. The second-order valence-corrected chi connectivity index (χ2v) is 10.1. The number of hydrogen-bond acceptors (Lipinski definition) is 1. The van der Waals surface area contributed by atoms with E-state index in [4.69, 9.17) is 11.6 Å². The Labute approximate surface area is 229 Å². The van der Waals surface area contributed by atoms with Crippen LogP contribution in [0, 0.1) is 0 Å². The second kappa shape index (κ2) is 21.5. The predicted molar refractivity (Wildman–Crippen MR) is 164 cm³/mol. The van der Waals surface area contributed by atoms with Gasteiger partial charge in [-0.2, -0.15) is 0 Å². The Morgan fingerprint density at radius 2 is 1.53 bits per heavy atom. The van der Waals surface area contributed by atoms with Crippen LogP contribution in [0.25, 0.3) is 0 Å². The molecule has 202 valence electrons. The van der Waals surface area contributed by atoms with E-state index < -0.39 is 0 Å². The first kappa shape index (κ1) is 32.5. The summed E-state index contributed by atoms with van der Waals surface area (Å²) in [7, 11) is 0. The molecule has 1 heterocycles. The lowest BCUT2D eigenvalue weighted by Gasteiger charge is -2.23. The standard InChI is InChI=1S/C22H28ClN.C10H20.C2H6/c23-22-9-5-4-8-21(22)7-3-1-2-6-18-10-12-19(13-11-18)20-14-16-24-17-15-20;1-4-7-8-9-10(5-2)6-3;1-2/h4-5,8-13,20,24H,1-3,6-7,14-17H2;5H,4,6-9H2,1-3H3;1-2H3/b;10-5+;. The van der Waals surface area contributed by atoms with Gasteiger partial charge in [-0.1, -0.05) is 113 Å². The molecule has 1 fully saturated rings. The van der Waals surface area contributed by atoms with Gasteiger partial charge < -0.3 is 5.32 Å². The zero-order valence-electron chi connectivity index (χ0n) is 24.1. The molecule has 1 N–H and O–H groups in total. The predicted octanol–water partition coefficient (Wildman–Crippen LogP) is 10.7. The van der Waals surface area contributed by atoms with Gasteiger partial charge in [0.05, 0.1) is 0 Å². The molecule has 1 nitrogen and oxygen atoms in total. The van der Waals surface area contributed by atoms with Crippen molar-refractivity contribution >= 4 is 11.6 Å². The Morgan fingerprint density at radius 1 is 0.861 bits per heavy atom. The van der Waals surface area contributed by atoms with E-state index in [1.807, 2.05) is 26.0 Å². The molecule has 0 aromatic heterocycles. The number of benzene rings is 2. The molecule has 2 aromatic rings. The van der Waals surface area contributed by atoms with Gasteiger partial charge in [0.1, 0.15) is 0 Å². The Hall–Kier alpha value is -1.57. The van der Waals surface area contributed by atoms with Crippen LogP contribution in [0.15, 0.2) is 60.2 Å². The summed E-state index contributed by atoms with van der Waals surface area (Å²) in [6.07, 6.45) is 17.5. The van der Waals surface area contributed by atoms with E-state index in [0.717, 1.165) is 30.5 Å². The molecule has 0 radical (unpaired) electrons. The van der Waals surface area contributed by atoms with E-state index in [-0.39, 0.29) is 0 Å². The molecule has 0 amide bonds. The van der Waals surface area contributed by atoms with Crippen LogP contribution in [0.5, 0.6) is 0 Å². The highest BCUT2D eigenvalue weighted by atomic mass is 35.5. The highest BCUT2D eigenvalue weighted by Crippen LogP contribution is 2.25. The zero-order chi connectivity index (χ0) is 26.4. The van der Waals surface area contributed by atoms with Gasteiger partial charge >= 0.3 is 0 Å². The Morgan fingerprint density at radius 3 is 2.14 bits per heavy atom. The molecule has 2 aromatic carbocycles. The van der Waals surface area contributed by atoms with Crippen LogP contribution < -0.4 is 5.32 Å². The van der Waals surface area contributed by atoms with Crippen LogP contribution in [0.2, 0.25) is 5.02 Å². The maximum Gasteiger partial charge on any atom is 0.0437 e. The number of hydrogen-bond donors (Lipinski definition) is 1. The third-order valence-electron chi connectivity index (χ3n) is 7.12. The Balaban J connectivity index is 0.000000458. The minimum Gasteiger partial charge on any atom is -0.317 e. The summed E-state index contributed by atoms with van der Waals surface area (Å²) in [5.74, 6) is 0.760. The van der Waals surface area contributed by atoms with E-state index in [2.05, 4.69) is 68.6 Å². The monoisotopic (exact) mass is 511 g/mol. The van der Waals surface area contributed by atoms with E-state index in [9.17, 15) is 0 Å². The van der Waals surface area contributed by atoms with Crippen molar-refractivity contribution in [2.45, 2.75) is 118 Å². The summed E-state index contributed by atoms with van der Waals surface area (Å²) in [6.45, 7) is 13.0. The van der Waals surface area contributed by atoms with Crippen molar-refractivity contribution in [3.63, 3.8) is 0 Å². The van der Waals surface area contributed by atoms with E-state index >= 15 is 0 Å². The molecular formula is C34H54ClN. The molecule has 1 aliphatic rings. The average Bonchev–Trinajstić information content (AvgIpc) is 2.94. The fraction of sp³-hybridized carbons (Fsp3) is 0.588. The summed E-state index contributed by atoms with van der Waals surface area (Å²) in [4.78, 5) is 0. The molecular weight excluding hydrogens is 458 g/mol. The van der Waals surface area contributed by atoms with E-state index in [0.29, 0.717) is 0 Å². The fourth-order valence-corrected chi connectivity index (χ4v) is 4.99. The second-order valence-electron chi connectivity index (χ2n) is 9.68. The number of piperidine rings is 1. The van der Waals surface area contributed by atoms with Crippen molar-refractivity contribution in [2.75, 3.05) is 13.1 Å². The van der Waals surface area contributed by atoms with Gasteiger partial charge in [0.25, 0.3) is 0 Å². The molecule has 36 heavy (non-hydrogen) atoms. The van der Waals surface area contributed by atoms with Crippen molar-refractivity contribution in [2.24, 2.45) is 0 Å². The third kappa shape index (κ3) is 13.7. The van der Waals surface area contributed by atoms with E-state index in [1.54, 1.807) is 5.57 Å². The van der Waals surface area contributed by atoms with Gasteiger partial charge in [-0.05, 0) is 106 Å². The van der Waals surface area contributed by atoms with Crippen LogP contribution in [-0.4, -0.2) is 13.1 Å². The number of unbranched alkanes of at least 4 members (excludes halogenated alkanes) is 4. The molecule has 3 rings (SSSR count). The first-order valence-corrected chi connectivity index (χ1v) is 15.2. The van der Waals surface area contributed by atoms with E-state index in [1.165, 1.54) is 87.3 Å². The van der Waals surface area contributed by atoms with Crippen molar-refractivity contribution in [1.82, 2.24) is 5.32 Å². The van der Waals surface area contributed by atoms with Crippen molar-refractivity contribution in [3.8, 4) is 0 Å². The fourth-order valence-electron chi connectivity index (χ4n) is 4.76. The number of nitrogens with one attached hydrogen (secondary N) is 1. The average molecular weight is 512 g/mol. The third-order valence-corrected chi connectivity index (χ3v) is 7.49. The lowest BCUT2D eigenvalue weighted by molar-refractivity contribution is 0.460. The smallest absolute Gasteiger partial charge is 0.0437 e. The Kier molecular flexibility index (Phi) is 19.4. The van der Waals surface area contributed by atoms with Crippen LogP contribution in [-0.2, 0) is 12.8 Å². The number of allylic oxidation sites excluding steroid dienone is 2. The minimum absolute atomic E-state index is 0.760. The molecule has 1 saturated heterocycles. The maximum atomic E-state index is 6.21. The molecule has 0 saturated carbocycles.